The van der Waals surface area contributed by atoms with Gasteiger partial charge >= 0.3 is 5.97 Å². The third-order valence-corrected chi connectivity index (χ3v) is 2.67. The van der Waals surface area contributed by atoms with Crippen LogP contribution in [0.3, 0.4) is 0 Å². The Morgan fingerprint density at radius 1 is 1.26 bits per heavy atom. The average Bonchev–Trinajstić information content (AvgIpc) is 2.40. The van der Waals surface area contributed by atoms with Crippen LogP contribution in [0.1, 0.15) is 18.4 Å². The Kier molecular flexibility index (Phi) is 7.62. The molecule has 0 saturated carbocycles. The molecule has 1 rings (SSSR count). The number of nitrogens with one attached hydrogen (secondary N) is 1. The van der Waals surface area contributed by atoms with Gasteiger partial charge in [-0.2, -0.15) is 0 Å². The number of hydrogen-bond donors (Lipinski definition) is 3. The summed E-state index contributed by atoms with van der Waals surface area (Å²) in [5.41, 5.74) is 6.73. The van der Waals surface area contributed by atoms with Gasteiger partial charge in [0.25, 0.3) is 0 Å². The number of rotatable bonds is 10. The Labute approximate surface area is 113 Å². The lowest BCUT2D eigenvalue weighted by Crippen LogP contribution is -2.26. The lowest BCUT2D eigenvalue weighted by molar-refractivity contribution is -0.135. The summed E-state index contributed by atoms with van der Waals surface area (Å²) < 4.78 is 5.49. The molecule has 0 aliphatic carbocycles. The summed E-state index contributed by atoms with van der Waals surface area (Å²) in [6, 6.07) is 7.98. The van der Waals surface area contributed by atoms with Crippen LogP contribution in [0.25, 0.3) is 0 Å². The van der Waals surface area contributed by atoms with Gasteiger partial charge < -0.3 is 20.9 Å². The van der Waals surface area contributed by atoms with Gasteiger partial charge in [-0.15, -0.1) is 0 Å². The molecule has 0 amide bonds. The first-order valence-electron chi connectivity index (χ1n) is 6.56. The molecule has 0 unspecified atom stereocenters. The molecule has 0 aliphatic rings. The molecule has 19 heavy (non-hydrogen) atoms. The van der Waals surface area contributed by atoms with Crippen LogP contribution in [-0.2, 0) is 11.2 Å². The van der Waals surface area contributed by atoms with Crippen molar-refractivity contribution in [1.29, 1.82) is 0 Å². The second-order valence-electron chi connectivity index (χ2n) is 4.31. The van der Waals surface area contributed by atoms with Crippen LogP contribution < -0.4 is 15.8 Å². The number of nitrogens with two attached hydrogens (primary N) is 1. The molecule has 0 atom stereocenters. The van der Waals surface area contributed by atoms with E-state index in [1.54, 1.807) is 0 Å². The van der Waals surface area contributed by atoms with Crippen molar-refractivity contribution in [3.8, 4) is 5.75 Å². The van der Waals surface area contributed by atoms with Crippen molar-refractivity contribution >= 4 is 5.97 Å². The van der Waals surface area contributed by atoms with Crippen molar-refractivity contribution in [2.45, 2.75) is 19.3 Å². The van der Waals surface area contributed by atoms with Crippen LogP contribution in [0.5, 0.6) is 5.75 Å². The van der Waals surface area contributed by atoms with E-state index in [9.17, 15) is 4.79 Å². The first kappa shape index (κ1) is 15.5. The lowest BCUT2D eigenvalue weighted by atomic mass is 10.1. The normalized spacial score (nSPS) is 10.4. The van der Waals surface area contributed by atoms with E-state index in [2.05, 4.69) is 17.4 Å². The van der Waals surface area contributed by atoms with Crippen molar-refractivity contribution in [1.82, 2.24) is 5.32 Å². The first-order chi connectivity index (χ1) is 9.22. The minimum atomic E-state index is -0.859. The van der Waals surface area contributed by atoms with E-state index < -0.39 is 5.97 Å². The maximum absolute atomic E-state index is 10.3. The Balaban J connectivity index is 2.18. The highest BCUT2D eigenvalue weighted by Crippen LogP contribution is 2.13. The summed E-state index contributed by atoms with van der Waals surface area (Å²) >= 11 is 0. The van der Waals surface area contributed by atoms with E-state index in [0.717, 1.165) is 31.6 Å². The zero-order chi connectivity index (χ0) is 13.9. The van der Waals surface area contributed by atoms with Crippen LogP contribution >= 0.6 is 0 Å². The van der Waals surface area contributed by atoms with Gasteiger partial charge in [-0.25, -0.2) is 0 Å². The number of ether oxygens (including phenoxy) is 1. The molecule has 0 saturated heterocycles. The number of carboxylic acid groups (broad SMARTS) is 1. The van der Waals surface area contributed by atoms with Crippen molar-refractivity contribution in [3.63, 3.8) is 0 Å². The fourth-order valence-electron chi connectivity index (χ4n) is 1.66. The molecule has 106 valence electrons. The Morgan fingerprint density at radius 3 is 2.63 bits per heavy atom. The fourth-order valence-corrected chi connectivity index (χ4v) is 1.66. The van der Waals surface area contributed by atoms with Gasteiger partial charge in [0.05, 0.1) is 6.54 Å². The summed E-state index contributed by atoms with van der Waals surface area (Å²) in [6.45, 7) is 1.68. The predicted octanol–water partition coefficient (Wildman–Crippen LogP) is 1.02. The minimum absolute atomic E-state index is 0.0383. The van der Waals surface area contributed by atoms with Crippen molar-refractivity contribution in [2.75, 3.05) is 26.2 Å². The van der Waals surface area contributed by atoms with Crippen LogP contribution in [-0.4, -0.2) is 37.3 Å². The molecule has 4 N–H and O–H groups in total. The topological polar surface area (TPSA) is 84.6 Å². The van der Waals surface area contributed by atoms with E-state index in [1.807, 2.05) is 12.1 Å². The summed E-state index contributed by atoms with van der Waals surface area (Å²) in [5, 5.41) is 11.2. The van der Waals surface area contributed by atoms with Crippen molar-refractivity contribution in [3.05, 3.63) is 29.8 Å². The monoisotopic (exact) mass is 266 g/mol. The van der Waals surface area contributed by atoms with E-state index in [1.165, 1.54) is 5.56 Å². The molecule has 0 heterocycles. The number of carboxylic acids is 1. The highest BCUT2D eigenvalue weighted by atomic mass is 16.5. The number of aryl methyl sites for hydroxylation is 1. The van der Waals surface area contributed by atoms with E-state index >= 15 is 0 Å². The summed E-state index contributed by atoms with van der Waals surface area (Å²) in [7, 11) is 0. The molecule has 0 spiro atoms. The molecule has 0 fully saturated rings. The Hall–Kier alpha value is -1.59. The minimum Gasteiger partial charge on any atom is -0.492 e. The number of hydrogen-bond acceptors (Lipinski definition) is 4. The number of unbranched alkanes of at least 4 members (excludes halogenated alkanes) is 1. The molecule has 0 bridgehead atoms. The predicted molar refractivity (Wildman–Crippen MR) is 74.4 cm³/mol. The van der Waals surface area contributed by atoms with Crippen LogP contribution in [0, 0.1) is 0 Å². The summed E-state index contributed by atoms with van der Waals surface area (Å²) in [6.07, 6.45) is 3.20. The smallest absolute Gasteiger partial charge is 0.317 e. The van der Waals surface area contributed by atoms with Gasteiger partial charge in [0, 0.05) is 6.54 Å². The molecule has 0 radical (unpaired) electrons. The SMILES string of the molecule is NCCCCc1ccc(OCCNCC(=O)O)cc1. The third kappa shape index (κ3) is 7.43. The van der Waals surface area contributed by atoms with Gasteiger partial charge in [-0.05, 0) is 43.5 Å². The average molecular weight is 266 g/mol. The molecule has 0 aromatic heterocycles. The molecule has 5 heteroatoms. The molecular weight excluding hydrogens is 244 g/mol. The molecule has 1 aromatic rings. The standard InChI is InChI=1S/C14H22N2O3/c15-8-2-1-3-12-4-6-13(7-5-12)19-10-9-16-11-14(17)18/h4-7,16H,1-3,8-11,15H2,(H,17,18). The van der Waals surface area contributed by atoms with Gasteiger partial charge in [0.1, 0.15) is 12.4 Å². The maximum atomic E-state index is 10.3. The van der Waals surface area contributed by atoms with Gasteiger partial charge in [0.15, 0.2) is 0 Å². The van der Waals surface area contributed by atoms with Crippen molar-refractivity contribution in [2.24, 2.45) is 5.73 Å². The molecule has 5 nitrogen and oxygen atoms in total. The Morgan fingerprint density at radius 2 is 2.00 bits per heavy atom. The number of aliphatic carboxylic acids is 1. The Bertz CT molecular complexity index is 365. The van der Waals surface area contributed by atoms with E-state index in [4.69, 9.17) is 15.6 Å². The maximum Gasteiger partial charge on any atom is 0.317 e. The molecule has 0 aliphatic heterocycles. The second-order valence-corrected chi connectivity index (χ2v) is 4.31. The van der Waals surface area contributed by atoms with Crippen LogP contribution in [0.2, 0.25) is 0 Å². The highest BCUT2D eigenvalue weighted by Gasteiger charge is 1.97. The number of benzene rings is 1. The van der Waals surface area contributed by atoms with Gasteiger partial charge in [-0.3, -0.25) is 4.79 Å². The largest absolute Gasteiger partial charge is 0.492 e. The summed E-state index contributed by atoms with van der Waals surface area (Å²) in [5.74, 6) is -0.0541. The van der Waals surface area contributed by atoms with Crippen LogP contribution in [0.4, 0.5) is 0 Å². The van der Waals surface area contributed by atoms with E-state index in [-0.39, 0.29) is 6.54 Å². The lowest BCUT2D eigenvalue weighted by Gasteiger charge is -2.07. The zero-order valence-corrected chi connectivity index (χ0v) is 11.1. The van der Waals surface area contributed by atoms with Gasteiger partial charge in [0.2, 0.25) is 0 Å². The molecular formula is C14H22N2O3. The highest BCUT2D eigenvalue weighted by molar-refractivity contribution is 5.68. The fraction of sp³-hybridized carbons (Fsp3) is 0.500. The first-order valence-corrected chi connectivity index (χ1v) is 6.56. The zero-order valence-electron chi connectivity index (χ0n) is 11.1. The van der Waals surface area contributed by atoms with Crippen LogP contribution in [0.15, 0.2) is 24.3 Å². The number of carbonyl (C=O) groups is 1. The third-order valence-electron chi connectivity index (χ3n) is 2.67. The second kappa shape index (κ2) is 9.35. The van der Waals surface area contributed by atoms with Crippen molar-refractivity contribution < 1.29 is 14.6 Å². The van der Waals surface area contributed by atoms with E-state index in [0.29, 0.717) is 13.2 Å². The van der Waals surface area contributed by atoms with Gasteiger partial charge in [-0.1, -0.05) is 12.1 Å². The summed E-state index contributed by atoms with van der Waals surface area (Å²) in [4.78, 5) is 10.3. The molecule has 1 aromatic carbocycles. The quantitative estimate of drug-likeness (QED) is 0.551.